The van der Waals surface area contributed by atoms with Crippen molar-refractivity contribution in [3.8, 4) is 0 Å². The fourth-order valence-electron chi connectivity index (χ4n) is 2.54. The van der Waals surface area contributed by atoms with Crippen molar-refractivity contribution in [1.29, 1.82) is 0 Å². The van der Waals surface area contributed by atoms with Crippen molar-refractivity contribution in [1.82, 2.24) is 4.90 Å². The molecule has 1 aliphatic rings. The quantitative estimate of drug-likeness (QED) is 0.750. The summed E-state index contributed by atoms with van der Waals surface area (Å²) in [6.07, 6.45) is 1.96. The number of hydrogen-bond donors (Lipinski definition) is 0. The second-order valence-electron chi connectivity index (χ2n) is 5.05. The fraction of sp³-hybridized carbons (Fsp3) is 0.500. The molecule has 17 heavy (non-hydrogen) atoms. The van der Waals surface area contributed by atoms with Crippen LogP contribution in [0.4, 0.5) is 0 Å². The smallest absolute Gasteiger partial charge is 0.219 e. The van der Waals surface area contributed by atoms with Gasteiger partial charge in [-0.15, -0.1) is 0 Å². The molecule has 2 nitrogen and oxygen atoms in total. The van der Waals surface area contributed by atoms with Gasteiger partial charge in [0.25, 0.3) is 0 Å². The first-order valence-corrected chi connectivity index (χ1v) is 6.41. The highest BCUT2D eigenvalue weighted by Gasteiger charge is 2.33. The molecule has 1 aromatic rings. The molecule has 1 amide bonds. The van der Waals surface area contributed by atoms with Crippen molar-refractivity contribution in [2.75, 3.05) is 13.1 Å². The lowest BCUT2D eigenvalue weighted by Crippen LogP contribution is -2.43. The Morgan fingerprint density at radius 2 is 1.88 bits per heavy atom. The summed E-state index contributed by atoms with van der Waals surface area (Å²) < 4.78 is 0. The highest BCUT2D eigenvalue weighted by molar-refractivity contribution is 6.31. The lowest BCUT2D eigenvalue weighted by atomic mass is 9.74. The van der Waals surface area contributed by atoms with Crippen LogP contribution < -0.4 is 0 Å². The average Bonchev–Trinajstić information content (AvgIpc) is 2.30. The lowest BCUT2D eigenvalue weighted by Gasteiger charge is -2.39. The number of halogens is 1. The van der Waals surface area contributed by atoms with Gasteiger partial charge in [-0.1, -0.05) is 36.7 Å². The van der Waals surface area contributed by atoms with Gasteiger partial charge >= 0.3 is 0 Å². The molecular formula is C14H18ClNO. The van der Waals surface area contributed by atoms with Gasteiger partial charge in [0.05, 0.1) is 0 Å². The number of piperidine rings is 1. The van der Waals surface area contributed by atoms with E-state index in [0.717, 1.165) is 31.0 Å². The Kier molecular flexibility index (Phi) is 3.43. The second kappa shape index (κ2) is 4.69. The maximum absolute atomic E-state index is 11.3. The van der Waals surface area contributed by atoms with Crippen molar-refractivity contribution < 1.29 is 4.79 Å². The van der Waals surface area contributed by atoms with E-state index in [-0.39, 0.29) is 11.3 Å². The zero-order valence-electron chi connectivity index (χ0n) is 10.4. The molecule has 3 heteroatoms. The van der Waals surface area contributed by atoms with Gasteiger partial charge in [0.1, 0.15) is 0 Å². The van der Waals surface area contributed by atoms with Crippen molar-refractivity contribution in [3.63, 3.8) is 0 Å². The number of nitrogens with zero attached hydrogens (tertiary/aromatic N) is 1. The highest BCUT2D eigenvalue weighted by Crippen LogP contribution is 2.38. The minimum atomic E-state index is 0.101. The van der Waals surface area contributed by atoms with E-state index >= 15 is 0 Å². The SMILES string of the molecule is CC(=O)N1CCC(C)(c2ccccc2Cl)CC1. The summed E-state index contributed by atoms with van der Waals surface area (Å²) in [6.45, 7) is 5.54. The lowest BCUT2D eigenvalue weighted by molar-refractivity contribution is -0.130. The third kappa shape index (κ3) is 2.47. The predicted octanol–water partition coefficient (Wildman–Crippen LogP) is 3.24. The van der Waals surface area contributed by atoms with E-state index in [4.69, 9.17) is 11.6 Å². The standard InChI is InChI=1S/C14H18ClNO/c1-11(17)16-9-7-14(2,8-10-16)12-5-3-4-6-13(12)15/h3-6H,7-10H2,1-2H3. The van der Waals surface area contributed by atoms with Gasteiger partial charge in [0.2, 0.25) is 5.91 Å². The monoisotopic (exact) mass is 251 g/mol. The second-order valence-corrected chi connectivity index (χ2v) is 5.45. The summed E-state index contributed by atoms with van der Waals surface area (Å²) in [7, 11) is 0. The van der Waals surface area contributed by atoms with E-state index in [1.54, 1.807) is 6.92 Å². The zero-order chi connectivity index (χ0) is 12.5. The van der Waals surface area contributed by atoms with Gasteiger partial charge in [-0.05, 0) is 29.9 Å². The van der Waals surface area contributed by atoms with Crippen LogP contribution in [0.5, 0.6) is 0 Å². The van der Waals surface area contributed by atoms with Crippen LogP contribution in [0.2, 0.25) is 5.02 Å². The Morgan fingerprint density at radius 1 is 1.29 bits per heavy atom. The molecule has 0 aromatic heterocycles. The van der Waals surface area contributed by atoms with E-state index in [0.29, 0.717) is 0 Å². The summed E-state index contributed by atoms with van der Waals surface area (Å²) in [4.78, 5) is 13.2. The summed E-state index contributed by atoms with van der Waals surface area (Å²) in [6, 6.07) is 8.04. The maximum atomic E-state index is 11.3. The van der Waals surface area contributed by atoms with Crippen LogP contribution in [0.15, 0.2) is 24.3 Å². The van der Waals surface area contributed by atoms with Gasteiger partial charge < -0.3 is 4.90 Å². The molecule has 1 saturated heterocycles. The molecule has 92 valence electrons. The van der Waals surface area contributed by atoms with Crippen LogP contribution in [-0.2, 0) is 10.2 Å². The highest BCUT2D eigenvalue weighted by atomic mass is 35.5. The number of hydrogen-bond acceptors (Lipinski definition) is 1. The molecule has 0 bridgehead atoms. The molecule has 0 atom stereocenters. The molecule has 0 spiro atoms. The molecule has 1 aliphatic heterocycles. The van der Waals surface area contributed by atoms with E-state index in [9.17, 15) is 4.79 Å². The van der Waals surface area contributed by atoms with Gasteiger partial charge in [0, 0.05) is 25.0 Å². The number of carbonyl (C=O) groups is 1. The molecule has 1 heterocycles. The largest absolute Gasteiger partial charge is 0.343 e. The van der Waals surface area contributed by atoms with Gasteiger partial charge in [0.15, 0.2) is 0 Å². The molecule has 2 rings (SSSR count). The minimum Gasteiger partial charge on any atom is -0.343 e. The molecular weight excluding hydrogens is 234 g/mol. The van der Waals surface area contributed by atoms with Crippen molar-refractivity contribution in [2.24, 2.45) is 0 Å². The Balaban J connectivity index is 2.18. The van der Waals surface area contributed by atoms with Crippen LogP contribution >= 0.6 is 11.6 Å². The number of amides is 1. The van der Waals surface area contributed by atoms with Gasteiger partial charge in [-0.25, -0.2) is 0 Å². The van der Waals surface area contributed by atoms with Gasteiger partial charge in [-0.2, -0.15) is 0 Å². The minimum absolute atomic E-state index is 0.101. The molecule has 1 aromatic carbocycles. The van der Waals surface area contributed by atoms with Crippen LogP contribution in [0.25, 0.3) is 0 Å². The van der Waals surface area contributed by atoms with E-state index in [2.05, 4.69) is 13.0 Å². The van der Waals surface area contributed by atoms with E-state index < -0.39 is 0 Å². The zero-order valence-corrected chi connectivity index (χ0v) is 11.1. The molecule has 0 radical (unpaired) electrons. The van der Waals surface area contributed by atoms with Crippen molar-refractivity contribution in [3.05, 3.63) is 34.9 Å². The normalized spacial score (nSPS) is 19.1. The first kappa shape index (κ1) is 12.4. The van der Waals surface area contributed by atoms with Crippen LogP contribution in [0, 0.1) is 0 Å². The molecule has 0 saturated carbocycles. The Bertz CT molecular complexity index is 422. The fourth-order valence-corrected chi connectivity index (χ4v) is 2.90. The Labute approximate surface area is 108 Å². The number of rotatable bonds is 1. The van der Waals surface area contributed by atoms with Crippen LogP contribution in [0.3, 0.4) is 0 Å². The van der Waals surface area contributed by atoms with Crippen LogP contribution in [-0.4, -0.2) is 23.9 Å². The first-order valence-electron chi connectivity index (χ1n) is 6.03. The molecule has 1 fully saturated rings. The Morgan fingerprint density at radius 3 is 2.41 bits per heavy atom. The third-order valence-electron chi connectivity index (χ3n) is 3.84. The summed E-state index contributed by atoms with van der Waals surface area (Å²) in [5.41, 5.74) is 1.31. The topological polar surface area (TPSA) is 20.3 Å². The predicted molar refractivity (Wildman–Crippen MR) is 70.3 cm³/mol. The first-order chi connectivity index (χ1) is 8.03. The Hall–Kier alpha value is -1.02. The van der Waals surface area contributed by atoms with Crippen molar-refractivity contribution in [2.45, 2.75) is 32.1 Å². The van der Waals surface area contributed by atoms with Crippen molar-refractivity contribution >= 4 is 17.5 Å². The maximum Gasteiger partial charge on any atom is 0.219 e. The summed E-state index contributed by atoms with van der Waals surface area (Å²) in [5, 5.41) is 0.839. The number of carbonyl (C=O) groups excluding carboxylic acids is 1. The summed E-state index contributed by atoms with van der Waals surface area (Å²) >= 11 is 6.27. The number of benzene rings is 1. The summed E-state index contributed by atoms with van der Waals surface area (Å²) in [5.74, 6) is 0.172. The van der Waals surface area contributed by atoms with E-state index in [1.807, 2.05) is 23.1 Å². The molecule has 0 aliphatic carbocycles. The van der Waals surface area contributed by atoms with Gasteiger partial charge in [-0.3, -0.25) is 4.79 Å². The van der Waals surface area contributed by atoms with E-state index in [1.165, 1.54) is 5.56 Å². The molecule has 0 unspecified atom stereocenters. The average molecular weight is 252 g/mol. The van der Waals surface area contributed by atoms with Crippen LogP contribution in [0.1, 0.15) is 32.3 Å². The molecule has 0 N–H and O–H groups in total. The third-order valence-corrected chi connectivity index (χ3v) is 4.17. The number of likely N-dealkylation sites (tertiary alicyclic amines) is 1.